The molecule has 51 heavy (non-hydrogen) atoms. The first kappa shape index (κ1) is 36.6. The Morgan fingerprint density at radius 3 is 1.25 bits per heavy atom. The Hall–Kier alpha value is -5.64. The van der Waals surface area contributed by atoms with Crippen LogP contribution in [0.5, 0.6) is 0 Å². The summed E-state index contributed by atoms with van der Waals surface area (Å²) in [6.45, 7) is 4.21. The van der Waals surface area contributed by atoms with Crippen LogP contribution >= 0.6 is 0 Å². The highest BCUT2D eigenvalue weighted by molar-refractivity contribution is 5.83. The van der Waals surface area contributed by atoms with Gasteiger partial charge in [-0.3, -0.25) is 0 Å². The third kappa shape index (κ3) is 8.57. The maximum atomic E-state index is 12.2. The number of esters is 1. The number of carboxylic acid groups (broad SMARTS) is 1. The van der Waals surface area contributed by atoms with Crippen LogP contribution < -0.4 is 10.6 Å². The maximum absolute atomic E-state index is 12.2. The predicted octanol–water partition coefficient (Wildman–Crippen LogP) is 7.65. The van der Waals surface area contributed by atoms with Crippen molar-refractivity contribution in [2.24, 2.45) is 0 Å². The minimum atomic E-state index is -1.05. The number of amides is 2. The third-order valence-corrected chi connectivity index (χ3v) is 9.21. The zero-order chi connectivity index (χ0) is 36.3. The van der Waals surface area contributed by atoms with Crippen molar-refractivity contribution < 1.29 is 38.5 Å². The molecule has 3 N–H and O–H groups in total. The number of carbonyl (C=O) groups is 4. The number of rotatable bonds is 12. The molecule has 0 spiro atoms. The Bertz CT molecular complexity index is 1770. The van der Waals surface area contributed by atoms with Gasteiger partial charge in [0.1, 0.15) is 25.3 Å². The zero-order valence-corrected chi connectivity index (χ0v) is 29.1. The summed E-state index contributed by atoms with van der Waals surface area (Å²) in [6, 6.07) is 30.9. The van der Waals surface area contributed by atoms with Gasteiger partial charge in [0.25, 0.3) is 0 Å². The third-order valence-electron chi connectivity index (χ3n) is 9.21. The predicted molar refractivity (Wildman–Crippen MR) is 193 cm³/mol. The first-order valence-electron chi connectivity index (χ1n) is 17.3. The van der Waals surface area contributed by atoms with Crippen molar-refractivity contribution in [3.63, 3.8) is 0 Å². The van der Waals surface area contributed by atoms with Crippen LogP contribution in [0, 0.1) is 0 Å². The van der Waals surface area contributed by atoms with Crippen molar-refractivity contribution in [1.29, 1.82) is 0 Å². The average molecular weight is 693 g/mol. The van der Waals surface area contributed by atoms with Gasteiger partial charge in [-0.05, 0) is 57.3 Å². The standard InChI is InChI=1S/C21H23NO4.C20H21NO4/c1-3-8-19(20(23)25-2)22-21(24)26-13-18-16-11-6-4-9-14(16)15-10-5-7-12-17(15)18;1-2-7-18(19(22)23)21-20(24)25-12-17-15-10-5-3-8-13(15)14-9-4-6-11-16(14)17/h4-7,9-12,18-19H,3,8,13H2,1-2H3,(H,22,24);3-6,8-11,17-18H,2,7,12H2,1H3,(H,21,24)(H,22,23). The molecule has 2 amide bonds. The Balaban J connectivity index is 0.000000198. The zero-order valence-electron chi connectivity index (χ0n) is 29.1. The fourth-order valence-corrected chi connectivity index (χ4v) is 6.79. The number of aliphatic carboxylic acids is 1. The fourth-order valence-electron chi connectivity index (χ4n) is 6.79. The summed E-state index contributed by atoms with van der Waals surface area (Å²) < 4.78 is 15.5. The van der Waals surface area contributed by atoms with E-state index in [9.17, 15) is 19.2 Å². The van der Waals surface area contributed by atoms with Crippen molar-refractivity contribution in [2.75, 3.05) is 20.3 Å². The van der Waals surface area contributed by atoms with E-state index in [0.29, 0.717) is 19.3 Å². The average Bonchev–Trinajstić information content (AvgIpc) is 3.65. The van der Waals surface area contributed by atoms with Gasteiger partial charge in [-0.15, -0.1) is 0 Å². The molecule has 0 bridgehead atoms. The van der Waals surface area contributed by atoms with E-state index >= 15 is 0 Å². The molecule has 0 aliphatic heterocycles. The molecule has 6 rings (SSSR count). The van der Waals surface area contributed by atoms with E-state index in [2.05, 4.69) is 47.0 Å². The number of alkyl carbamates (subject to hydrolysis) is 2. The number of hydrogen-bond donors (Lipinski definition) is 3. The molecule has 2 aliphatic rings. The van der Waals surface area contributed by atoms with Crippen molar-refractivity contribution in [3.05, 3.63) is 119 Å². The first-order chi connectivity index (χ1) is 24.8. The van der Waals surface area contributed by atoms with Crippen LogP contribution in [-0.2, 0) is 23.8 Å². The van der Waals surface area contributed by atoms with Crippen LogP contribution in [-0.4, -0.2) is 61.6 Å². The SMILES string of the molecule is CCCC(NC(=O)OCC1c2ccccc2-c2ccccc21)C(=O)O.CCCC(NC(=O)OCC1c2ccccc2-c2ccccc21)C(=O)OC. The molecular weight excluding hydrogens is 648 g/mol. The second-order valence-corrected chi connectivity index (χ2v) is 12.5. The minimum absolute atomic E-state index is 0.00379. The number of hydrogen-bond acceptors (Lipinski definition) is 7. The number of carbonyl (C=O) groups excluding carboxylic acids is 3. The van der Waals surface area contributed by atoms with Crippen molar-refractivity contribution in [3.8, 4) is 22.3 Å². The summed E-state index contributed by atoms with van der Waals surface area (Å²) in [5.74, 6) is -1.54. The van der Waals surface area contributed by atoms with Gasteiger partial charge in [-0.25, -0.2) is 19.2 Å². The van der Waals surface area contributed by atoms with Crippen LogP contribution in [0.4, 0.5) is 9.59 Å². The van der Waals surface area contributed by atoms with Crippen LogP contribution in [0.15, 0.2) is 97.1 Å². The highest BCUT2D eigenvalue weighted by Crippen LogP contribution is 2.45. The normalized spacial score (nSPS) is 13.5. The summed E-state index contributed by atoms with van der Waals surface area (Å²) in [7, 11) is 1.31. The van der Waals surface area contributed by atoms with E-state index in [1.54, 1.807) is 0 Å². The Morgan fingerprint density at radius 2 is 0.922 bits per heavy atom. The Labute approximate surface area is 298 Å². The lowest BCUT2D eigenvalue weighted by Crippen LogP contribution is -2.42. The highest BCUT2D eigenvalue weighted by atomic mass is 16.6. The smallest absolute Gasteiger partial charge is 0.407 e. The van der Waals surface area contributed by atoms with E-state index in [4.69, 9.17) is 19.3 Å². The Kier molecular flexibility index (Phi) is 12.5. The fraction of sp³-hybridized carbons (Fsp3) is 0.317. The maximum Gasteiger partial charge on any atom is 0.407 e. The number of fused-ring (bicyclic) bond motifs is 6. The summed E-state index contributed by atoms with van der Waals surface area (Å²) in [4.78, 5) is 47.1. The summed E-state index contributed by atoms with van der Waals surface area (Å²) in [5.41, 5.74) is 9.22. The molecule has 2 atom stereocenters. The summed E-state index contributed by atoms with van der Waals surface area (Å²) in [5, 5.41) is 14.2. The largest absolute Gasteiger partial charge is 0.480 e. The summed E-state index contributed by atoms with van der Waals surface area (Å²) in [6.07, 6.45) is 1.01. The number of nitrogens with one attached hydrogen (secondary N) is 2. The Morgan fingerprint density at radius 1 is 0.588 bits per heavy atom. The monoisotopic (exact) mass is 692 g/mol. The van der Waals surface area contributed by atoms with Gasteiger partial charge in [0.05, 0.1) is 7.11 Å². The molecule has 4 aromatic rings. The molecule has 0 saturated heterocycles. The molecule has 0 radical (unpaired) electrons. The minimum Gasteiger partial charge on any atom is -0.480 e. The molecular formula is C41H44N2O8. The first-order valence-corrected chi connectivity index (χ1v) is 17.3. The summed E-state index contributed by atoms with van der Waals surface area (Å²) >= 11 is 0. The molecule has 2 aliphatic carbocycles. The van der Waals surface area contributed by atoms with Crippen molar-refractivity contribution in [1.82, 2.24) is 10.6 Å². The van der Waals surface area contributed by atoms with Crippen molar-refractivity contribution >= 4 is 24.1 Å². The van der Waals surface area contributed by atoms with Gasteiger partial charge < -0.3 is 30.0 Å². The lowest BCUT2D eigenvalue weighted by molar-refractivity contribution is -0.143. The van der Waals surface area contributed by atoms with Gasteiger partial charge in [0, 0.05) is 11.8 Å². The highest BCUT2D eigenvalue weighted by Gasteiger charge is 2.31. The molecule has 0 saturated carbocycles. The number of ether oxygens (including phenoxy) is 3. The van der Waals surface area contributed by atoms with Gasteiger partial charge in [0.2, 0.25) is 0 Å². The van der Waals surface area contributed by atoms with Crippen LogP contribution in [0.2, 0.25) is 0 Å². The number of benzene rings is 4. The van der Waals surface area contributed by atoms with E-state index in [0.717, 1.165) is 39.8 Å². The van der Waals surface area contributed by atoms with Crippen molar-refractivity contribution in [2.45, 2.75) is 63.5 Å². The molecule has 0 aromatic heterocycles. The number of carboxylic acids is 1. The van der Waals surface area contributed by atoms with E-state index in [1.165, 1.54) is 18.2 Å². The van der Waals surface area contributed by atoms with Gasteiger partial charge in [-0.1, -0.05) is 124 Å². The molecule has 4 aromatic carbocycles. The lowest BCUT2D eigenvalue weighted by atomic mass is 9.98. The van der Waals surface area contributed by atoms with Crippen LogP contribution in [0.1, 0.15) is 73.6 Å². The molecule has 0 fully saturated rings. The van der Waals surface area contributed by atoms with Gasteiger partial charge in [-0.2, -0.15) is 0 Å². The van der Waals surface area contributed by atoms with Crippen LogP contribution in [0.25, 0.3) is 22.3 Å². The van der Waals surface area contributed by atoms with E-state index in [-0.39, 0.29) is 25.0 Å². The van der Waals surface area contributed by atoms with Gasteiger partial charge in [0.15, 0.2) is 0 Å². The van der Waals surface area contributed by atoms with Gasteiger partial charge >= 0.3 is 24.1 Å². The molecule has 2 unspecified atom stereocenters. The van der Waals surface area contributed by atoms with Crippen LogP contribution in [0.3, 0.4) is 0 Å². The topological polar surface area (TPSA) is 140 Å². The molecule has 266 valence electrons. The quantitative estimate of drug-likeness (QED) is 0.102. The van der Waals surface area contributed by atoms with E-state index in [1.807, 2.05) is 74.5 Å². The second-order valence-electron chi connectivity index (χ2n) is 12.5. The van der Waals surface area contributed by atoms with E-state index < -0.39 is 36.2 Å². The lowest BCUT2D eigenvalue weighted by Gasteiger charge is -2.18. The molecule has 10 heteroatoms. The second kappa shape index (κ2) is 17.3. The molecule has 10 nitrogen and oxygen atoms in total. The number of methoxy groups -OCH3 is 1. The molecule has 0 heterocycles.